The number of hydrogen-bond donors (Lipinski definition) is 2. The number of rotatable bonds is 6. The van der Waals surface area contributed by atoms with E-state index in [4.69, 9.17) is 10.5 Å². The van der Waals surface area contributed by atoms with Crippen LogP contribution in [0.2, 0.25) is 0 Å². The molecule has 1 aliphatic rings. The van der Waals surface area contributed by atoms with Crippen LogP contribution in [-0.2, 0) is 4.74 Å². The molecule has 0 unspecified atom stereocenters. The summed E-state index contributed by atoms with van der Waals surface area (Å²) in [6, 6.07) is 5.09. The second-order valence-corrected chi connectivity index (χ2v) is 5.46. The van der Waals surface area contributed by atoms with Gasteiger partial charge in [-0.1, -0.05) is 6.07 Å². The summed E-state index contributed by atoms with van der Waals surface area (Å²) in [4.78, 5) is 18.5. The van der Waals surface area contributed by atoms with Crippen molar-refractivity contribution in [2.45, 2.75) is 12.8 Å². The standard InChI is InChI=1S/C15H24N4O2/c1-21-9-8-19-7-3-4-12(11-19)10-17-15(20)13-5-2-6-14(16)18-13/h2,5-6,12H,3-4,7-11H2,1H3,(H2,16,18)(H,17,20)/t12-/m0/s1. The smallest absolute Gasteiger partial charge is 0.269 e. The van der Waals surface area contributed by atoms with Crippen LogP contribution in [-0.4, -0.2) is 55.7 Å². The van der Waals surface area contributed by atoms with Gasteiger partial charge in [-0.2, -0.15) is 0 Å². The fourth-order valence-corrected chi connectivity index (χ4v) is 2.65. The Morgan fingerprint density at radius 1 is 1.57 bits per heavy atom. The van der Waals surface area contributed by atoms with Crippen molar-refractivity contribution in [3.8, 4) is 0 Å². The molecule has 2 heterocycles. The number of nitrogens with zero attached hydrogens (tertiary/aromatic N) is 2. The summed E-state index contributed by atoms with van der Waals surface area (Å²) in [5, 5.41) is 2.96. The van der Waals surface area contributed by atoms with Gasteiger partial charge in [-0.15, -0.1) is 0 Å². The number of aromatic nitrogens is 1. The number of carbonyl (C=O) groups excluding carboxylic acids is 1. The summed E-state index contributed by atoms with van der Waals surface area (Å²) in [5.41, 5.74) is 5.97. The molecule has 21 heavy (non-hydrogen) atoms. The van der Waals surface area contributed by atoms with Crippen molar-refractivity contribution in [2.24, 2.45) is 5.92 Å². The normalized spacial score (nSPS) is 19.4. The van der Waals surface area contributed by atoms with E-state index in [1.165, 1.54) is 6.42 Å². The van der Waals surface area contributed by atoms with Gasteiger partial charge >= 0.3 is 0 Å². The van der Waals surface area contributed by atoms with Crippen LogP contribution in [0.15, 0.2) is 18.2 Å². The van der Waals surface area contributed by atoms with Gasteiger partial charge in [0.1, 0.15) is 11.5 Å². The third-order valence-electron chi connectivity index (χ3n) is 3.77. The molecule has 1 aromatic heterocycles. The van der Waals surface area contributed by atoms with Crippen LogP contribution in [0, 0.1) is 5.92 Å². The quantitative estimate of drug-likeness (QED) is 0.809. The number of likely N-dealkylation sites (tertiary alicyclic amines) is 1. The fourth-order valence-electron chi connectivity index (χ4n) is 2.65. The van der Waals surface area contributed by atoms with Crippen molar-refractivity contribution < 1.29 is 9.53 Å². The SMILES string of the molecule is COCCN1CCC[C@@H](CNC(=O)c2cccc(N)n2)C1. The van der Waals surface area contributed by atoms with Gasteiger partial charge in [0, 0.05) is 26.7 Å². The zero-order chi connectivity index (χ0) is 15.1. The monoisotopic (exact) mass is 292 g/mol. The summed E-state index contributed by atoms with van der Waals surface area (Å²) >= 11 is 0. The van der Waals surface area contributed by atoms with Gasteiger partial charge in [-0.25, -0.2) is 4.98 Å². The highest BCUT2D eigenvalue weighted by molar-refractivity contribution is 5.92. The van der Waals surface area contributed by atoms with E-state index in [1.807, 2.05) is 0 Å². The minimum Gasteiger partial charge on any atom is -0.384 e. The van der Waals surface area contributed by atoms with Gasteiger partial charge in [0.15, 0.2) is 0 Å². The van der Waals surface area contributed by atoms with Crippen molar-refractivity contribution in [1.29, 1.82) is 0 Å². The van der Waals surface area contributed by atoms with Crippen molar-refractivity contribution in [3.63, 3.8) is 0 Å². The molecular formula is C15H24N4O2. The summed E-state index contributed by atoms with van der Waals surface area (Å²) in [7, 11) is 1.72. The number of piperidine rings is 1. The lowest BCUT2D eigenvalue weighted by Crippen LogP contribution is -2.42. The van der Waals surface area contributed by atoms with Gasteiger partial charge in [0.2, 0.25) is 0 Å². The molecule has 3 N–H and O–H groups in total. The molecule has 1 aliphatic heterocycles. The van der Waals surface area contributed by atoms with E-state index in [-0.39, 0.29) is 5.91 Å². The Kier molecular flexibility index (Phi) is 5.95. The van der Waals surface area contributed by atoms with Crippen LogP contribution < -0.4 is 11.1 Å². The van der Waals surface area contributed by atoms with Crippen LogP contribution in [0.4, 0.5) is 5.82 Å². The first-order valence-corrected chi connectivity index (χ1v) is 7.41. The van der Waals surface area contributed by atoms with Crippen LogP contribution in [0.1, 0.15) is 23.3 Å². The average molecular weight is 292 g/mol. The first-order valence-electron chi connectivity index (χ1n) is 7.41. The van der Waals surface area contributed by atoms with Crippen LogP contribution in [0.25, 0.3) is 0 Å². The minimum absolute atomic E-state index is 0.156. The second kappa shape index (κ2) is 7.95. The zero-order valence-corrected chi connectivity index (χ0v) is 12.5. The highest BCUT2D eigenvalue weighted by Gasteiger charge is 2.20. The highest BCUT2D eigenvalue weighted by Crippen LogP contribution is 2.15. The van der Waals surface area contributed by atoms with E-state index in [1.54, 1.807) is 25.3 Å². The lowest BCUT2D eigenvalue weighted by atomic mass is 9.98. The molecule has 0 radical (unpaired) electrons. The molecule has 1 saturated heterocycles. The van der Waals surface area contributed by atoms with Crippen LogP contribution in [0.5, 0.6) is 0 Å². The molecule has 1 aromatic rings. The molecule has 1 fully saturated rings. The Labute approximate surface area is 125 Å². The number of nitrogens with two attached hydrogens (primary N) is 1. The number of hydrogen-bond acceptors (Lipinski definition) is 5. The zero-order valence-electron chi connectivity index (χ0n) is 12.5. The van der Waals surface area contributed by atoms with Gasteiger partial charge in [-0.05, 0) is 37.4 Å². The maximum Gasteiger partial charge on any atom is 0.269 e. The van der Waals surface area contributed by atoms with Gasteiger partial charge in [-0.3, -0.25) is 4.79 Å². The first-order chi connectivity index (χ1) is 10.2. The third kappa shape index (κ3) is 4.99. The molecule has 2 rings (SSSR count). The molecule has 116 valence electrons. The Morgan fingerprint density at radius 2 is 2.43 bits per heavy atom. The van der Waals surface area contributed by atoms with Crippen LogP contribution in [0.3, 0.4) is 0 Å². The molecule has 6 nitrogen and oxygen atoms in total. The predicted molar refractivity (Wildman–Crippen MR) is 82.0 cm³/mol. The van der Waals surface area contributed by atoms with E-state index in [9.17, 15) is 4.79 Å². The first kappa shape index (κ1) is 15.7. The lowest BCUT2D eigenvalue weighted by molar-refractivity contribution is 0.0908. The Morgan fingerprint density at radius 3 is 3.19 bits per heavy atom. The number of anilines is 1. The predicted octanol–water partition coefficient (Wildman–Crippen LogP) is 0.752. The maximum absolute atomic E-state index is 12.0. The number of carbonyl (C=O) groups is 1. The molecule has 1 amide bonds. The highest BCUT2D eigenvalue weighted by atomic mass is 16.5. The summed E-state index contributed by atoms with van der Waals surface area (Å²) < 4.78 is 5.12. The van der Waals surface area contributed by atoms with Crippen molar-refractivity contribution >= 4 is 11.7 Å². The Balaban J connectivity index is 1.78. The Hall–Kier alpha value is -1.66. The number of amides is 1. The average Bonchev–Trinajstić information content (AvgIpc) is 2.51. The topological polar surface area (TPSA) is 80.5 Å². The number of pyridine rings is 1. The number of nitrogen functional groups attached to an aromatic ring is 1. The van der Waals surface area contributed by atoms with Crippen molar-refractivity contribution in [2.75, 3.05) is 45.6 Å². The van der Waals surface area contributed by atoms with Crippen molar-refractivity contribution in [3.05, 3.63) is 23.9 Å². The summed E-state index contributed by atoms with van der Waals surface area (Å²) in [5.74, 6) is 0.697. The maximum atomic E-state index is 12.0. The largest absolute Gasteiger partial charge is 0.384 e. The van der Waals surface area contributed by atoms with E-state index in [2.05, 4.69) is 15.2 Å². The van der Waals surface area contributed by atoms with E-state index < -0.39 is 0 Å². The summed E-state index contributed by atoms with van der Waals surface area (Å²) in [6.45, 7) is 4.52. The molecule has 0 aromatic carbocycles. The van der Waals surface area contributed by atoms with Gasteiger partial charge < -0.3 is 20.7 Å². The third-order valence-corrected chi connectivity index (χ3v) is 3.77. The van der Waals surface area contributed by atoms with E-state index in [0.717, 1.165) is 32.7 Å². The Bertz CT molecular complexity index is 467. The molecule has 6 heteroatoms. The van der Waals surface area contributed by atoms with E-state index >= 15 is 0 Å². The molecule has 0 bridgehead atoms. The lowest BCUT2D eigenvalue weighted by Gasteiger charge is -2.32. The number of ether oxygens (including phenoxy) is 1. The molecular weight excluding hydrogens is 268 g/mol. The van der Waals surface area contributed by atoms with Crippen LogP contribution >= 0.6 is 0 Å². The number of nitrogens with one attached hydrogen (secondary N) is 1. The van der Waals surface area contributed by atoms with Crippen molar-refractivity contribution in [1.82, 2.24) is 15.2 Å². The van der Waals surface area contributed by atoms with Gasteiger partial charge in [0.25, 0.3) is 5.91 Å². The fraction of sp³-hybridized carbons (Fsp3) is 0.600. The molecule has 1 atom stereocenters. The molecule has 0 aliphatic carbocycles. The number of methoxy groups -OCH3 is 1. The second-order valence-electron chi connectivity index (χ2n) is 5.46. The van der Waals surface area contributed by atoms with Gasteiger partial charge in [0.05, 0.1) is 6.61 Å². The van der Waals surface area contributed by atoms with E-state index in [0.29, 0.717) is 24.0 Å². The summed E-state index contributed by atoms with van der Waals surface area (Å²) in [6.07, 6.45) is 2.31. The molecule has 0 spiro atoms. The minimum atomic E-state index is -0.156. The molecule has 0 saturated carbocycles.